The number of hydrogen-bond donors (Lipinski definition) is 0. The van der Waals surface area contributed by atoms with E-state index in [1.807, 2.05) is 0 Å². The molecule has 82 valence electrons. The van der Waals surface area contributed by atoms with Crippen LogP contribution in [0, 0.1) is 0 Å². The van der Waals surface area contributed by atoms with Crippen LogP contribution < -0.4 is 4.90 Å². The van der Waals surface area contributed by atoms with Crippen LogP contribution in [0.2, 0.25) is 10.3 Å². The zero-order valence-electron chi connectivity index (χ0n) is 8.12. The highest BCUT2D eigenvalue weighted by atomic mass is 35.5. The molecule has 0 saturated carbocycles. The molecule has 1 fully saturated rings. The summed E-state index contributed by atoms with van der Waals surface area (Å²) in [6.07, 6.45) is 0.982. The van der Waals surface area contributed by atoms with E-state index >= 15 is 0 Å². The first-order chi connectivity index (χ1) is 7.27. The lowest BCUT2D eigenvalue weighted by Crippen LogP contribution is -2.26. The summed E-state index contributed by atoms with van der Waals surface area (Å²) in [6.45, 7) is 3.21. The largest absolute Gasteiger partial charge is 0.380 e. The van der Waals surface area contributed by atoms with Crippen LogP contribution in [0.15, 0.2) is 6.07 Å². The monoisotopic (exact) mass is 247 g/mol. The highest BCUT2D eigenvalue weighted by molar-refractivity contribution is 6.33. The normalized spacial score (nSPS) is 17.6. The molecule has 1 aromatic rings. The molecule has 6 heteroatoms. The van der Waals surface area contributed by atoms with Crippen LogP contribution >= 0.6 is 23.2 Å². The van der Waals surface area contributed by atoms with Gasteiger partial charge in [-0.2, -0.15) is 0 Å². The van der Waals surface area contributed by atoms with Crippen molar-refractivity contribution in [1.29, 1.82) is 0 Å². The van der Waals surface area contributed by atoms with Crippen molar-refractivity contribution in [3.8, 4) is 0 Å². The molecule has 2 rings (SSSR count). The van der Waals surface area contributed by atoms with Gasteiger partial charge in [0, 0.05) is 25.8 Å². The lowest BCUT2D eigenvalue weighted by atomic mass is 10.3. The molecular formula is C9H11Cl2N3O. The molecule has 0 bridgehead atoms. The van der Waals surface area contributed by atoms with E-state index in [1.165, 1.54) is 0 Å². The topological polar surface area (TPSA) is 38.2 Å². The van der Waals surface area contributed by atoms with E-state index in [4.69, 9.17) is 27.9 Å². The third kappa shape index (κ3) is 2.71. The maximum absolute atomic E-state index is 5.97. The van der Waals surface area contributed by atoms with Crippen molar-refractivity contribution in [2.75, 3.05) is 31.2 Å². The fraction of sp³-hybridized carbons (Fsp3) is 0.556. The van der Waals surface area contributed by atoms with Crippen LogP contribution in [0.1, 0.15) is 6.42 Å². The number of rotatable bonds is 1. The number of anilines is 1. The maximum Gasteiger partial charge on any atom is 0.175 e. The first-order valence-corrected chi connectivity index (χ1v) is 5.54. The van der Waals surface area contributed by atoms with E-state index in [2.05, 4.69) is 15.1 Å². The van der Waals surface area contributed by atoms with Crippen LogP contribution in [0.3, 0.4) is 0 Å². The van der Waals surface area contributed by atoms with Crippen molar-refractivity contribution in [3.63, 3.8) is 0 Å². The summed E-state index contributed by atoms with van der Waals surface area (Å²) in [5.41, 5.74) is 0.835. The molecule has 15 heavy (non-hydrogen) atoms. The second kappa shape index (κ2) is 4.96. The number of nitrogens with zero attached hydrogens (tertiary/aromatic N) is 3. The summed E-state index contributed by atoms with van der Waals surface area (Å²) in [5, 5.41) is 8.22. The molecule has 0 N–H and O–H groups in total. The summed E-state index contributed by atoms with van der Waals surface area (Å²) in [5.74, 6) is 0. The van der Waals surface area contributed by atoms with Crippen LogP contribution in [0.5, 0.6) is 0 Å². The van der Waals surface area contributed by atoms with Crippen LogP contribution in [-0.4, -0.2) is 36.5 Å². The fourth-order valence-electron chi connectivity index (χ4n) is 1.55. The summed E-state index contributed by atoms with van der Waals surface area (Å²) < 4.78 is 5.36. The van der Waals surface area contributed by atoms with E-state index in [0.29, 0.717) is 16.9 Å². The Morgan fingerprint density at radius 2 is 2.07 bits per heavy atom. The lowest BCUT2D eigenvalue weighted by molar-refractivity contribution is 0.152. The Labute approximate surface area is 98.1 Å². The summed E-state index contributed by atoms with van der Waals surface area (Å²) in [6, 6.07) is 1.74. The van der Waals surface area contributed by atoms with Crippen LogP contribution in [0.4, 0.5) is 5.69 Å². The molecular weight excluding hydrogens is 237 g/mol. The molecule has 0 atom stereocenters. The zero-order chi connectivity index (χ0) is 10.7. The van der Waals surface area contributed by atoms with Gasteiger partial charge in [-0.1, -0.05) is 23.2 Å². The molecule has 0 unspecified atom stereocenters. The van der Waals surface area contributed by atoms with Crippen molar-refractivity contribution in [2.24, 2.45) is 0 Å². The number of hydrogen-bond acceptors (Lipinski definition) is 4. The third-order valence-electron chi connectivity index (χ3n) is 2.26. The molecule has 0 amide bonds. The van der Waals surface area contributed by atoms with E-state index in [1.54, 1.807) is 6.07 Å². The summed E-state index contributed by atoms with van der Waals surface area (Å²) in [7, 11) is 0. The van der Waals surface area contributed by atoms with Crippen molar-refractivity contribution < 1.29 is 4.74 Å². The second-order valence-electron chi connectivity index (χ2n) is 3.30. The van der Waals surface area contributed by atoms with Gasteiger partial charge in [-0.15, -0.1) is 10.2 Å². The average molecular weight is 248 g/mol. The summed E-state index contributed by atoms with van der Waals surface area (Å²) in [4.78, 5) is 2.12. The van der Waals surface area contributed by atoms with Crippen molar-refractivity contribution >= 4 is 28.9 Å². The van der Waals surface area contributed by atoms with Gasteiger partial charge in [0.15, 0.2) is 10.3 Å². The van der Waals surface area contributed by atoms with Crippen molar-refractivity contribution in [1.82, 2.24) is 10.2 Å². The Morgan fingerprint density at radius 3 is 2.93 bits per heavy atom. The van der Waals surface area contributed by atoms with Gasteiger partial charge in [-0.05, 0) is 6.42 Å². The Hall–Kier alpha value is -0.580. The minimum Gasteiger partial charge on any atom is -0.380 e. The predicted octanol–water partition coefficient (Wildman–Crippen LogP) is 2.01. The minimum absolute atomic E-state index is 0.361. The molecule has 1 aromatic heterocycles. The van der Waals surface area contributed by atoms with E-state index < -0.39 is 0 Å². The first kappa shape index (κ1) is 10.9. The predicted molar refractivity (Wildman–Crippen MR) is 59.7 cm³/mol. The van der Waals surface area contributed by atoms with Gasteiger partial charge in [0.25, 0.3) is 0 Å². The first-order valence-electron chi connectivity index (χ1n) is 4.79. The van der Waals surface area contributed by atoms with E-state index in [9.17, 15) is 0 Å². The third-order valence-corrected chi connectivity index (χ3v) is 2.72. The van der Waals surface area contributed by atoms with Gasteiger partial charge in [-0.25, -0.2) is 0 Å². The molecule has 0 spiro atoms. The number of ether oxygens (including phenoxy) is 1. The number of halogens is 2. The zero-order valence-corrected chi connectivity index (χ0v) is 9.63. The van der Waals surface area contributed by atoms with Gasteiger partial charge in [0.05, 0.1) is 12.3 Å². The van der Waals surface area contributed by atoms with Crippen LogP contribution in [-0.2, 0) is 4.74 Å². The van der Waals surface area contributed by atoms with Gasteiger partial charge in [0.2, 0.25) is 0 Å². The molecule has 0 radical (unpaired) electrons. The standard InChI is InChI=1S/C9H11Cl2N3O/c10-8-6-7(9(11)13-12-8)14-2-1-4-15-5-3-14/h6H,1-5H2. The molecule has 2 heterocycles. The minimum atomic E-state index is 0.361. The summed E-state index contributed by atoms with van der Waals surface area (Å²) >= 11 is 11.8. The molecule has 1 aliphatic rings. The quantitative estimate of drug-likeness (QED) is 0.762. The number of aromatic nitrogens is 2. The van der Waals surface area contributed by atoms with Crippen LogP contribution in [0.25, 0.3) is 0 Å². The van der Waals surface area contributed by atoms with Crippen molar-refractivity contribution in [3.05, 3.63) is 16.4 Å². The average Bonchev–Trinajstić information content (AvgIpc) is 2.50. The molecule has 0 aliphatic carbocycles. The fourth-order valence-corrected chi connectivity index (χ4v) is 1.91. The van der Waals surface area contributed by atoms with E-state index in [-0.39, 0.29) is 0 Å². The Morgan fingerprint density at radius 1 is 1.20 bits per heavy atom. The Bertz CT molecular complexity index is 340. The molecule has 0 aromatic carbocycles. The molecule has 1 aliphatic heterocycles. The van der Waals surface area contributed by atoms with Gasteiger partial charge >= 0.3 is 0 Å². The Balaban J connectivity index is 2.22. The smallest absolute Gasteiger partial charge is 0.175 e. The second-order valence-corrected chi connectivity index (χ2v) is 4.04. The molecule has 4 nitrogen and oxygen atoms in total. The Kier molecular flexibility index (Phi) is 3.61. The van der Waals surface area contributed by atoms with E-state index in [0.717, 1.165) is 31.8 Å². The SMILES string of the molecule is Clc1cc(N2CCCOCC2)c(Cl)nn1. The highest BCUT2D eigenvalue weighted by Gasteiger charge is 2.14. The van der Waals surface area contributed by atoms with Gasteiger partial charge in [0.1, 0.15) is 0 Å². The molecule has 1 saturated heterocycles. The maximum atomic E-state index is 5.97. The van der Waals surface area contributed by atoms with Gasteiger partial charge < -0.3 is 9.64 Å². The van der Waals surface area contributed by atoms with Gasteiger partial charge in [-0.3, -0.25) is 0 Å². The van der Waals surface area contributed by atoms with Crippen molar-refractivity contribution in [2.45, 2.75) is 6.42 Å². The highest BCUT2D eigenvalue weighted by Crippen LogP contribution is 2.25. The lowest BCUT2D eigenvalue weighted by Gasteiger charge is -2.22.